The van der Waals surface area contributed by atoms with Crippen molar-refractivity contribution in [2.75, 3.05) is 6.61 Å². The standard InChI is InChI=1S/C20H20O6S/c1-15-7-9-17(10-8-15)27(22,23)25-14-19-18(11-12-20(21)26-19)24-13-16-5-3-2-4-6-16/h2-12,18-19H,13-14H2,1H3/t18-,19+/m0/s1. The van der Waals surface area contributed by atoms with Crippen molar-refractivity contribution in [1.82, 2.24) is 0 Å². The maximum atomic E-state index is 12.3. The van der Waals surface area contributed by atoms with Crippen molar-refractivity contribution < 1.29 is 26.9 Å². The van der Waals surface area contributed by atoms with Gasteiger partial charge in [-0.1, -0.05) is 48.0 Å². The minimum Gasteiger partial charge on any atom is -0.454 e. The van der Waals surface area contributed by atoms with Crippen LogP contribution in [0.1, 0.15) is 11.1 Å². The minimum absolute atomic E-state index is 0.0486. The zero-order valence-corrected chi connectivity index (χ0v) is 15.6. The molecule has 0 unspecified atom stereocenters. The molecular weight excluding hydrogens is 368 g/mol. The Balaban J connectivity index is 1.64. The first-order chi connectivity index (χ1) is 12.9. The molecule has 0 aromatic heterocycles. The van der Waals surface area contributed by atoms with Crippen LogP contribution in [0, 0.1) is 6.92 Å². The Hall–Kier alpha value is -2.48. The number of carbonyl (C=O) groups excluding carboxylic acids is 1. The molecule has 0 saturated heterocycles. The van der Waals surface area contributed by atoms with Crippen LogP contribution < -0.4 is 0 Å². The first kappa shape index (κ1) is 19.3. The molecule has 0 saturated carbocycles. The van der Waals surface area contributed by atoms with Crippen molar-refractivity contribution in [3.05, 3.63) is 77.9 Å². The summed E-state index contributed by atoms with van der Waals surface area (Å²) in [5.74, 6) is -0.559. The van der Waals surface area contributed by atoms with Crippen LogP contribution in [0.25, 0.3) is 0 Å². The summed E-state index contributed by atoms with van der Waals surface area (Å²) in [6, 6.07) is 15.8. The smallest absolute Gasteiger partial charge is 0.330 e. The predicted octanol–water partition coefficient (Wildman–Crippen LogP) is 2.77. The Labute approximate surface area is 158 Å². The molecule has 2 aromatic carbocycles. The largest absolute Gasteiger partial charge is 0.454 e. The second-order valence-electron chi connectivity index (χ2n) is 6.15. The molecule has 0 aliphatic carbocycles. The fraction of sp³-hybridized carbons (Fsp3) is 0.250. The van der Waals surface area contributed by atoms with E-state index >= 15 is 0 Å². The molecule has 2 atom stereocenters. The lowest BCUT2D eigenvalue weighted by atomic mass is 10.1. The molecule has 142 valence electrons. The van der Waals surface area contributed by atoms with Crippen molar-refractivity contribution in [3.63, 3.8) is 0 Å². The number of cyclic esters (lactones) is 1. The Bertz CT molecular complexity index is 903. The number of aryl methyl sites for hydroxylation is 1. The predicted molar refractivity (Wildman–Crippen MR) is 98.4 cm³/mol. The van der Waals surface area contributed by atoms with Gasteiger partial charge in [-0.15, -0.1) is 0 Å². The van der Waals surface area contributed by atoms with Gasteiger partial charge in [0.1, 0.15) is 12.7 Å². The maximum Gasteiger partial charge on any atom is 0.330 e. The van der Waals surface area contributed by atoms with E-state index in [1.54, 1.807) is 18.2 Å². The van der Waals surface area contributed by atoms with Crippen LogP contribution in [-0.4, -0.2) is 33.2 Å². The Morgan fingerprint density at radius 2 is 1.74 bits per heavy atom. The van der Waals surface area contributed by atoms with Crippen LogP contribution in [0.2, 0.25) is 0 Å². The van der Waals surface area contributed by atoms with Crippen molar-refractivity contribution in [1.29, 1.82) is 0 Å². The summed E-state index contributed by atoms with van der Waals surface area (Å²) in [4.78, 5) is 11.6. The SMILES string of the molecule is Cc1ccc(S(=O)(=O)OC[C@H]2OC(=O)C=C[C@@H]2OCc2ccccc2)cc1. The summed E-state index contributed by atoms with van der Waals surface area (Å²) in [5.41, 5.74) is 1.89. The van der Waals surface area contributed by atoms with Crippen molar-refractivity contribution in [2.45, 2.75) is 30.6 Å². The molecule has 6 nitrogen and oxygen atoms in total. The van der Waals surface area contributed by atoms with Gasteiger partial charge in [-0.2, -0.15) is 8.42 Å². The van der Waals surface area contributed by atoms with E-state index in [-0.39, 0.29) is 11.5 Å². The van der Waals surface area contributed by atoms with Crippen LogP contribution in [0.4, 0.5) is 0 Å². The van der Waals surface area contributed by atoms with Crippen LogP contribution in [0.3, 0.4) is 0 Å². The number of hydrogen-bond donors (Lipinski definition) is 0. The molecule has 1 aliphatic heterocycles. The van der Waals surface area contributed by atoms with Crippen molar-refractivity contribution in [2.24, 2.45) is 0 Å². The third kappa shape index (κ3) is 5.26. The molecule has 3 rings (SSSR count). The van der Waals surface area contributed by atoms with Gasteiger partial charge in [0.2, 0.25) is 0 Å². The van der Waals surface area contributed by atoms with Gasteiger partial charge in [0.05, 0.1) is 11.5 Å². The van der Waals surface area contributed by atoms with E-state index in [1.807, 2.05) is 37.3 Å². The highest BCUT2D eigenvalue weighted by molar-refractivity contribution is 7.86. The fourth-order valence-electron chi connectivity index (χ4n) is 2.54. The van der Waals surface area contributed by atoms with Crippen LogP contribution in [0.15, 0.2) is 71.6 Å². The van der Waals surface area contributed by atoms with Crippen LogP contribution in [0.5, 0.6) is 0 Å². The van der Waals surface area contributed by atoms with E-state index in [2.05, 4.69) is 0 Å². The molecule has 7 heteroatoms. The van der Waals surface area contributed by atoms with Gasteiger partial charge in [-0.25, -0.2) is 4.79 Å². The van der Waals surface area contributed by atoms with Gasteiger partial charge >= 0.3 is 5.97 Å². The van der Waals surface area contributed by atoms with Gasteiger partial charge in [-0.05, 0) is 30.7 Å². The second-order valence-corrected chi connectivity index (χ2v) is 7.76. The normalized spacial score (nSPS) is 19.7. The summed E-state index contributed by atoms with van der Waals surface area (Å²) in [7, 11) is -3.96. The highest BCUT2D eigenvalue weighted by atomic mass is 32.2. The molecule has 2 aromatic rings. The number of esters is 1. The van der Waals surface area contributed by atoms with E-state index in [1.165, 1.54) is 18.2 Å². The lowest BCUT2D eigenvalue weighted by Crippen LogP contribution is -2.39. The van der Waals surface area contributed by atoms with Crippen molar-refractivity contribution in [3.8, 4) is 0 Å². The summed E-state index contributed by atoms with van der Waals surface area (Å²) < 4.78 is 40.7. The number of benzene rings is 2. The molecule has 0 fully saturated rings. The highest BCUT2D eigenvalue weighted by Gasteiger charge is 2.30. The average Bonchev–Trinajstić information content (AvgIpc) is 2.67. The highest BCUT2D eigenvalue weighted by Crippen LogP contribution is 2.19. The Morgan fingerprint density at radius 3 is 2.44 bits per heavy atom. The summed E-state index contributed by atoms with van der Waals surface area (Å²) in [5, 5.41) is 0. The zero-order chi connectivity index (χ0) is 19.3. The minimum atomic E-state index is -3.96. The second kappa shape index (κ2) is 8.47. The van der Waals surface area contributed by atoms with Crippen LogP contribution in [-0.2, 0) is 35.2 Å². The number of hydrogen-bond acceptors (Lipinski definition) is 6. The molecule has 0 bridgehead atoms. The lowest BCUT2D eigenvalue weighted by Gasteiger charge is -2.27. The van der Waals surface area contributed by atoms with E-state index in [4.69, 9.17) is 13.7 Å². The Morgan fingerprint density at radius 1 is 1.04 bits per heavy atom. The molecule has 0 amide bonds. The summed E-state index contributed by atoms with van der Waals surface area (Å²) in [6.45, 7) is 1.83. The third-order valence-corrected chi connectivity index (χ3v) is 5.33. The first-order valence-corrected chi connectivity index (χ1v) is 9.85. The third-order valence-electron chi connectivity index (χ3n) is 4.04. The number of rotatable bonds is 7. The van der Waals surface area contributed by atoms with Gasteiger partial charge in [0.25, 0.3) is 10.1 Å². The van der Waals surface area contributed by atoms with E-state index < -0.39 is 28.3 Å². The zero-order valence-electron chi connectivity index (χ0n) is 14.8. The molecule has 1 aliphatic rings. The quantitative estimate of drug-likeness (QED) is 0.536. The fourth-order valence-corrected chi connectivity index (χ4v) is 3.46. The van der Waals surface area contributed by atoms with Gasteiger partial charge in [0.15, 0.2) is 6.10 Å². The first-order valence-electron chi connectivity index (χ1n) is 8.44. The molecule has 0 spiro atoms. The monoisotopic (exact) mass is 388 g/mol. The molecule has 0 N–H and O–H groups in total. The molecule has 1 heterocycles. The number of ether oxygens (including phenoxy) is 2. The van der Waals surface area contributed by atoms with E-state index in [0.29, 0.717) is 6.61 Å². The number of carbonyl (C=O) groups is 1. The van der Waals surface area contributed by atoms with Gasteiger partial charge < -0.3 is 9.47 Å². The summed E-state index contributed by atoms with van der Waals surface area (Å²) in [6.07, 6.45) is 1.37. The van der Waals surface area contributed by atoms with Crippen LogP contribution >= 0.6 is 0 Å². The van der Waals surface area contributed by atoms with Gasteiger partial charge in [-0.3, -0.25) is 4.18 Å². The topological polar surface area (TPSA) is 78.9 Å². The summed E-state index contributed by atoms with van der Waals surface area (Å²) >= 11 is 0. The maximum absolute atomic E-state index is 12.3. The average molecular weight is 388 g/mol. The lowest BCUT2D eigenvalue weighted by molar-refractivity contribution is -0.155. The molecular formula is C20H20O6S. The van der Waals surface area contributed by atoms with Gasteiger partial charge in [0, 0.05) is 6.08 Å². The van der Waals surface area contributed by atoms with E-state index in [0.717, 1.165) is 11.1 Å². The Kier molecular flexibility index (Phi) is 6.05. The van der Waals surface area contributed by atoms with Crippen molar-refractivity contribution >= 4 is 16.1 Å². The van der Waals surface area contributed by atoms with E-state index in [9.17, 15) is 13.2 Å². The molecule has 27 heavy (non-hydrogen) atoms. The molecule has 0 radical (unpaired) electrons.